The van der Waals surface area contributed by atoms with Crippen LogP contribution in [0.25, 0.3) is 0 Å². The van der Waals surface area contributed by atoms with E-state index < -0.39 is 12.1 Å². The van der Waals surface area contributed by atoms with Crippen LogP contribution in [-0.4, -0.2) is 31.3 Å². The van der Waals surface area contributed by atoms with Gasteiger partial charge in [-0.3, -0.25) is 5.32 Å². The fourth-order valence-electron chi connectivity index (χ4n) is 1.70. The summed E-state index contributed by atoms with van der Waals surface area (Å²) in [5, 5.41) is 5.56. The Kier molecular flexibility index (Phi) is 4.92. The molecule has 22 heavy (non-hydrogen) atoms. The Morgan fingerprint density at radius 2 is 1.86 bits per heavy atom. The second-order valence-electron chi connectivity index (χ2n) is 4.25. The molecule has 1 heterocycles. The summed E-state index contributed by atoms with van der Waals surface area (Å²) < 4.78 is 9.16. The Hall–Kier alpha value is -3.09. The average molecular weight is 301 g/mol. The molecule has 0 aliphatic heterocycles. The molecule has 2 N–H and O–H groups in total. The van der Waals surface area contributed by atoms with Crippen molar-refractivity contribution in [3.05, 3.63) is 48.2 Å². The molecule has 1 amide bonds. The van der Waals surface area contributed by atoms with Crippen LogP contribution in [0, 0.1) is 0 Å². The van der Waals surface area contributed by atoms with Gasteiger partial charge in [-0.15, -0.1) is 0 Å². The Morgan fingerprint density at radius 3 is 2.50 bits per heavy atom. The van der Waals surface area contributed by atoms with Gasteiger partial charge in [0.05, 0.1) is 31.7 Å². The number of aromatic nitrogens is 1. The number of hydrogen-bond donors (Lipinski definition) is 2. The Bertz CT molecular complexity index is 671. The van der Waals surface area contributed by atoms with Crippen molar-refractivity contribution in [3.63, 3.8) is 0 Å². The minimum absolute atomic E-state index is 0.408. The van der Waals surface area contributed by atoms with Crippen molar-refractivity contribution in [2.45, 2.75) is 0 Å². The van der Waals surface area contributed by atoms with E-state index in [1.807, 2.05) is 0 Å². The second kappa shape index (κ2) is 7.07. The number of pyridine rings is 1. The van der Waals surface area contributed by atoms with Gasteiger partial charge in [0.1, 0.15) is 5.82 Å². The molecule has 0 aliphatic carbocycles. The molecule has 7 nitrogen and oxygen atoms in total. The fraction of sp³-hybridized carbons (Fsp3) is 0.133. The SMILES string of the molecule is COC(=O)Nc1ccc(Nc2cccc(C(=O)OC)c2)nc1. The van der Waals surface area contributed by atoms with Gasteiger partial charge >= 0.3 is 12.1 Å². The molecule has 0 spiro atoms. The van der Waals surface area contributed by atoms with Crippen molar-refractivity contribution >= 4 is 29.3 Å². The fourth-order valence-corrected chi connectivity index (χ4v) is 1.70. The van der Waals surface area contributed by atoms with Crippen molar-refractivity contribution < 1.29 is 19.1 Å². The van der Waals surface area contributed by atoms with E-state index in [-0.39, 0.29) is 0 Å². The molecule has 0 atom stereocenters. The first-order valence-corrected chi connectivity index (χ1v) is 6.39. The highest BCUT2D eigenvalue weighted by atomic mass is 16.5. The van der Waals surface area contributed by atoms with Crippen LogP contribution < -0.4 is 10.6 Å². The van der Waals surface area contributed by atoms with E-state index in [9.17, 15) is 9.59 Å². The largest absolute Gasteiger partial charge is 0.465 e. The number of esters is 1. The number of benzene rings is 1. The van der Waals surface area contributed by atoms with Gasteiger partial charge < -0.3 is 14.8 Å². The lowest BCUT2D eigenvalue weighted by atomic mass is 10.2. The molecule has 1 aromatic carbocycles. The van der Waals surface area contributed by atoms with Crippen molar-refractivity contribution in [1.29, 1.82) is 0 Å². The van der Waals surface area contributed by atoms with Crippen molar-refractivity contribution in [2.75, 3.05) is 24.9 Å². The first kappa shape index (κ1) is 15.3. The van der Waals surface area contributed by atoms with Gasteiger partial charge in [-0.05, 0) is 30.3 Å². The number of nitrogens with zero attached hydrogens (tertiary/aromatic N) is 1. The van der Waals surface area contributed by atoms with Crippen LogP contribution in [-0.2, 0) is 9.47 Å². The smallest absolute Gasteiger partial charge is 0.411 e. The van der Waals surface area contributed by atoms with Crippen molar-refractivity contribution in [1.82, 2.24) is 4.98 Å². The predicted molar refractivity (Wildman–Crippen MR) is 81.3 cm³/mol. The molecular weight excluding hydrogens is 286 g/mol. The molecule has 0 saturated carbocycles. The van der Waals surface area contributed by atoms with Crippen LogP contribution in [0.15, 0.2) is 42.6 Å². The highest BCUT2D eigenvalue weighted by Crippen LogP contribution is 2.18. The van der Waals surface area contributed by atoms with Crippen LogP contribution in [0.3, 0.4) is 0 Å². The van der Waals surface area contributed by atoms with Gasteiger partial charge in [-0.25, -0.2) is 14.6 Å². The van der Waals surface area contributed by atoms with E-state index in [1.54, 1.807) is 36.4 Å². The van der Waals surface area contributed by atoms with E-state index in [0.717, 1.165) is 0 Å². The molecule has 0 bridgehead atoms. The Labute approximate surface area is 127 Å². The monoisotopic (exact) mass is 301 g/mol. The predicted octanol–water partition coefficient (Wildman–Crippen LogP) is 2.79. The minimum atomic E-state index is -0.562. The van der Waals surface area contributed by atoms with Crippen molar-refractivity contribution in [2.24, 2.45) is 0 Å². The van der Waals surface area contributed by atoms with Gasteiger partial charge in [0.25, 0.3) is 0 Å². The van der Waals surface area contributed by atoms with Crippen LogP contribution >= 0.6 is 0 Å². The molecule has 0 radical (unpaired) electrons. The zero-order valence-electron chi connectivity index (χ0n) is 12.1. The lowest BCUT2D eigenvalue weighted by molar-refractivity contribution is 0.0600. The zero-order chi connectivity index (χ0) is 15.9. The summed E-state index contributed by atoms with van der Waals surface area (Å²) in [7, 11) is 2.62. The van der Waals surface area contributed by atoms with Gasteiger partial charge in [0.15, 0.2) is 0 Å². The van der Waals surface area contributed by atoms with Gasteiger partial charge in [0, 0.05) is 5.69 Å². The Morgan fingerprint density at radius 1 is 1.05 bits per heavy atom. The number of hydrogen-bond acceptors (Lipinski definition) is 6. The van der Waals surface area contributed by atoms with E-state index in [4.69, 9.17) is 0 Å². The maximum atomic E-state index is 11.5. The highest BCUT2D eigenvalue weighted by molar-refractivity contribution is 5.90. The third-order valence-corrected chi connectivity index (χ3v) is 2.75. The third kappa shape index (κ3) is 3.95. The summed E-state index contributed by atoms with van der Waals surface area (Å²) in [5.74, 6) is 0.159. The van der Waals surface area contributed by atoms with Crippen LogP contribution in [0.1, 0.15) is 10.4 Å². The van der Waals surface area contributed by atoms with E-state index in [2.05, 4.69) is 25.1 Å². The van der Waals surface area contributed by atoms with Gasteiger partial charge in [-0.1, -0.05) is 6.07 Å². The second-order valence-corrected chi connectivity index (χ2v) is 4.25. The van der Waals surface area contributed by atoms with Crippen LogP contribution in [0.4, 0.5) is 22.0 Å². The van der Waals surface area contributed by atoms with E-state index in [0.29, 0.717) is 22.8 Å². The molecule has 2 rings (SSSR count). The molecule has 0 unspecified atom stereocenters. The van der Waals surface area contributed by atoms with Crippen LogP contribution in [0.2, 0.25) is 0 Å². The molecule has 1 aromatic heterocycles. The van der Waals surface area contributed by atoms with Crippen molar-refractivity contribution in [3.8, 4) is 0 Å². The van der Waals surface area contributed by atoms with Gasteiger partial charge in [-0.2, -0.15) is 0 Å². The molecule has 2 aromatic rings. The lowest BCUT2D eigenvalue weighted by Gasteiger charge is -2.08. The Balaban J connectivity index is 2.07. The number of methoxy groups -OCH3 is 2. The summed E-state index contributed by atoms with van der Waals surface area (Å²) in [4.78, 5) is 26.7. The minimum Gasteiger partial charge on any atom is -0.465 e. The molecule has 7 heteroatoms. The summed E-state index contributed by atoms with van der Waals surface area (Å²) in [6.45, 7) is 0. The van der Waals surface area contributed by atoms with E-state index >= 15 is 0 Å². The topological polar surface area (TPSA) is 89.6 Å². The first-order valence-electron chi connectivity index (χ1n) is 6.39. The lowest BCUT2D eigenvalue weighted by Crippen LogP contribution is -2.11. The molecule has 114 valence electrons. The highest BCUT2D eigenvalue weighted by Gasteiger charge is 2.06. The third-order valence-electron chi connectivity index (χ3n) is 2.75. The number of anilines is 3. The summed E-state index contributed by atoms with van der Waals surface area (Å²) >= 11 is 0. The number of nitrogens with one attached hydrogen (secondary N) is 2. The normalized spacial score (nSPS) is 9.73. The quantitative estimate of drug-likeness (QED) is 0.844. The average Bonchev–Trinajstić information content (AvgIpc) is 2.56. The standard InChI is InChI=1S/C15H15N3O4/c1-21-14(19)10-4-3-5-11(8-10)17-13-7-6-12(9-16-13)18-15(20)22-2/h3-9H,1-2H3,(H,16,17)(H,18,20). The number of carbonyl (C=O) groups is 2. The molecule has 0 fully saturated rings. The summed E-state index contributed by atoms with van der Waals surface area (Å²) in [6, 6.07) is 10.2. The zero-order valence-corrected chi connectivity index (χ0v) is 12.1. The molecule has 0 saturated heterocycles. The van der Waals surface area contributed by atoms with Gasteiger partial charge in [0.2, 0.25) is 0 Å². The van der Waals surface area contributed by atoms with Crippen LogP contribution in [0.5, 0.6) is 0 Å². The number of carbonyl (C=O) groups excluding carboxylic acids is 2. The van der Waals surface area contributed by atoms with E-state index in [1.165, 1.54) is 20.4 Å². The maximum Gasteiger partial charge on any atom is 0.411 e. The maximum absolute atomic E-state index is 11.5. The first-order chi connectivity index (χ1) is 10.6. The number of amides is 1. The molecule has 0 aliphatic rings. The summed E-state index contributed by atoms with van der Waals surface area (Å²) in [5.41, 5.74) is 1.65. The summed E-state index contributed by atoms with van der Waals surface area (Å²) in [6.07, 6.45) is 0.928. The molecular formula is C15H15N3O4. The number of rotatable bonds is 4. The number of ether oxygens (including phenoxy) is 2.